The molecule has 1 N–H and O–H groups in total. The van der Waals surface area contributed by atoms with Crippen LogP contribution in [0.25, 0.3) is 0 Å². The zero-order chi connectivity index (χ0) is 17.9. The van der Waals surface area contributed by atoms with Crippen molar-refractivity contribution in [3.05, 3.63) is 0 Å². The van der Waals surface area contributed by atoms with E-state index < -0.39 is 0 Å². The van der Waals surface area contributed by atoms with E-state index in [9.17, 15) is 0 Å². The number of hydrogen-bond acceptors (Lipinski definition) is 5. The van der Waals surface area contributed by atoms with Crippen molar-refractivity contribution in [2.45, 2.75) is 34.1 Å². The summed E-state index contributed by atoms with van der Waals surface area (Å²) in [5.41, 5.74) is 0. The van der Waals surface area contributed by atoms with Crippen LogP contribution in [0, 0.1) is 23.7 Å². The summed E-state index contributed by atoms with van der Waals surface area (Å²) in [5, 5.41) is 3.33. The maximum absolute atomic E-state index is 5.46. The minimum absolute atomic E-state index is 0.447. The van der Waals surface area contributed by atoms with Gasteiger partial charge in [0.1, 0.15) is 6.61 Å². The lowest BCUT2D eigenvalue weighted by Gasteiger charge is -2.08. The van der Waals surface area contributed by atoms with Crippen LogP contribution in [0.1, 0.15) is 34.1 Å². The van der Waals surface area contributed by atoms with Gasteiger partial charge >= 0.3 is 0 Å². The summed E-state index contributed by atoms with van der Waals surface area (Å²) in [5.74, 6) is 7.27. The van der Waals surface area contributed by atoms with Crippen molar-refractivity contribution in [1.82, 2.24) is 5.32 Å². The van der Waals surface area contributed by atoms with Crippen LogP contribution in [0.5, 0.6) is 0 Å². The summed E-state index contributed by atoms with van der Waals surface area (Å²) in [6, 6.07) is 0. The van der Waals surface area contributed by atoms with E-state index in [0.29, 0.717) is 58.1 Å². The second-order valence-electron chi connectivity index (χ2n) is 6.12. The Balaban J connectivity index is 3.08. The summed E-state index contributed by atoms with van der Waals surface area (Å²) in [6.07, 6.45) is 1.08. The molecule has 1 unspecified atom stereocenters. The van der Waals surface area contributed by atoms with E-state index in [4.69, 9.17) is 18.9 Å². The SMILES string of the molecule is CCC(C)C#CCOCCOCCOCCOCCNCC(C)C. The highest BCUT2D eigenvalue weighted by molar-refractivity contribution is 5.02. The molecule has 0 saturated heterocycles. The molecule has 0 radical (unpaired) electrons. The van der Waals surface area contributed by atoms with E-state index in [1.807, 2.05) is 0 Å². The Morgan fingerprint density at radius 1 is 0.792 bits per heavy atom. The van der Waals surface area contributed by atoms with Crippen LogP contribution in [0.3, 0.4) is 0 Å². The molecule has 0 aromatic carbocycles. The molecule has 5 nitrogen and oxygen atoms in total. The minimum atomic E-state index is 0.447. The van der Waals surface area contributed by atoms with Gasteiger partial charge in [-0.1, -0.05) is 39.5 Å². The summed E-state index contributed by atoms with van der Waals surface area (Å²) in [4.78, 5) is 0. The van der Waals surface area contributed by atoms with Crippen molar-refractivity contribution in [3.8, 4) is 11.8 Å². The van der Waals surface area contributed by atoms with Gasteiger partial charge in [0, 0.05) is 12.5 Å². The van der Waals surface area contributed by atoms with Crippen molar-refractivity contribution in [2.24, 2.45) is 11.8 Å². The molecule has 0 bridgehead atoms. The lowest BCUT2D eigenvalue weighted by atomic mass is 10.1. The van der Waals surface area contributed by atoms with Gasteiger partial charge in [0.15, 0.2) is 0 Å². The molecule has 24 heavy (non-hydrogen) atoms. The second-order valence-corrected chi connectivity index (χ2v) is 6.12. The maximum Gasteiger partial charge on any atom is 0.107 e. The van der Waals surface area contributed by atoms with Gasteiger partial charge in [-0.05, 0) is 18.9 Å². The lowest BCUT2D eigenvalue weighted by Crippen LogP contribution is -2.24. The molecule has 0 heterocycles. The predicted molar refractivity (Wildman–Crippen MR) is 98.2 cm³/mol. The Labute approximate surface area is 148 Å². The average molecular weight is 344 g/mol. The Kier molecular flexibility index (Phi) is 18.2. The summed E-state index contributed by atoms with van der Waals surface area (Å²) in [6.45, 7) is 15.3. The van der Waals surface area contributed by atoms with E-state index in [0.717, 1.165) is 26.1 Å². The Morgan fingerprint density at radius 3 is 1.88 bits per heavy atom. The molecule has 5 heteroatoms. The second kappa shape index (κ2) is 18.7. The highest BCUT2D eigenvalue weighted by atomic mass is 16.6. The van der Waals surface area contributed by atoms with E-state index >= 15 is 0 Å². The third kappa shape index (κ3) is 19.4. The first-order chi connectivity index (χ1) is 11.7. The van der Waals surface area contributed by atoms with Crippen LogP contribution < -0.4 is 5.32 Å². The molecule has 0 rings (SSSR count). The fraction of sp³-hybridized carbons (Fsp3) is 0.895. The molecule has 0 spiro atoms. The molecule has 0 fully saturated rings. The molecule has 0 aromatic heterocycles. The molecular formula is C19H37NO4. The van der Waals surface area contributed by atoms with E-state index in [1.54, 1.807) is 0 Å². The van der Waals surface area contributed by atoms with Crippen molar-refractivity contribution >= 4 is 0 Å². The number of hydrogen-bond donors (Lipinski definition) is 1. The van der Waals surface area contributed by atoms with Gasteiger partial charge in [0.25, 0.3) is 0 Å². The van der Waals surface area contributed by atoms with Crippen LogP contribution in [-0.2, 0) is 18.9 Å². The van der Waals surface area contributed by atoms with Gasteiger partial charge in [-0.3, -0.25) is 0 Å². The zero-order valence-corrected chi connectivity index (χ0v) is 16.1. The standard InChI is InChI=1S/C19H37NO4/c1-5-19(4)7-6-9-21-11-13-23-15-16-24-14-12-22-10-8-20-17-18(2)3/h18-20H,5,8-17H2,1-4H3. The van der Waals surface area contributed by atoms with E-state index in [2.05, 4.69) is 44.9 Å². The summed E-state index contributed by atoms with van der Waals surface area (Å²) >= 11 is 0. The zero-order valence-electron chi connectivity index (χ0n) is 16.1. The van der Waals surface area contributed by atoms with E-state index in [1.165, 1.54) is 0 Å². The van der Waals surface area contributed by atoms with Crippen LogP contribution in [0.4, 0.5) is 0 Å². The third-order valence-corrected chi connectivity index (χ3v) is 3.23. The van der Waals surface area contributed by atoms with Crippen molar-refractivity contribution in [2.75, 3.05) is 65.9 Å². The molecule has 0 aromatic rings. The topological polar surface area (TPSA) is 49.0 Å². The quantitative estimate of drug-likeness (QED) is 0.344. The predicted octanol–water partition coefficient (Wildman–Crippen LogP) is 2.35. The molecule has 1 atom stereocenters. The molecule has 0 aliphatic carbocycles. The summed E-state index contributed by atoms with van der Waals surface area (Å²) in [7, 11) is 0. The van der Waals surface area contributed by atoms with Crippen molar-refractivity contribution in [3.63, 3.8) is 0 Å². The van der Waals surface area contributed by atoms with Crippen LogP contribution >= 0.6 is 0 Å². The van der Waals surface area contributed by atoms with Gasteiger partial charge in [-0.15, -0.1) is 0 Å². The van der Waals surface area contributed by atoms with Crippen LogP contribution in [0.2, 0.25) is 0 Å². The van der Waals surface area contributed by atoms with Gasteiger partial charge in [0.05, 0.1) is 46.2 Å². The van der Waals surface area contributed by atoms with Crippen molar-refractivity contribution in [1.29, 1.82) is 0 Å². The van der Waals surface area contributed by atoms with Gasteiger partial charge in [0.2, 0.25) is 0 Å². The maximum atomic E-state index is 5.46. The molecule has 0 saturated carbocycles. The minimum Gasteiger partial charge on any atom is -0.378 e. The normalized spacial score (nSPS) is 12.2. The monoisotopic (exact) mass is 343 g/mol. The lowest BCUT2D eigenvalue weighted by molar-refractivity contribution is 0.00167. The fourth-order valence-electron chi connectivity index (χ4n) is 1.64. The molecule has 0 amide bonds. The highest BCUT2D eigenvalue weighted by Crippen LogP contribution is 1.95. The summed E-state index contributed by atoms with van der Waals surface area (Å²) < 4.78 is 21.7. The first kappa shape index (κ1) is 23.4. The van der Waals surface area contributed by atoms with Crippen molar-refractivity contribution < 1.29 is 18.9 Å². The first-order valence-electron chi connectivity index (χ1n) is 9.16. The largest absolute Gasteiger partial charge is 0.378 e. The molecule has 0 aliphatic rings. The van der Waals surface area contributed by atoms with Crippen LogP contribution in [0.15, 0.2) is 0 Å². The molecule has 142 valence electrons. The van der Waals surface area contributed by atoms with Gasteiger partial charge < -0.3 is 24.3 Å². The van der Waals surface area contributed by atoms with Gasteiger partial charge in [-0.2, -0.15) is 0 Å². The highest BCUT2D eigenvalue weighted by Gasteiger charge is 1.94. The number of ether oxygens (including phenoxy) is 4. The molecular weight excluding hydrogens is 306 g/mol. The Morgan fingerprint density at radius 2 is 1.33 bits per heavy atom. The number of rotatable bonds is 16. The van der Waals surface area contributed by atoms with Gasteiger partial charge in [-0.25, -0.2) is 0 Å². The molecule has 0 aliphatic heterocycles. The average Bonchev–Trinajstić information content (AvgIpc) is 2.57. The van der Waals surface area contributed by atoms with Crippen LogP contribution in [-0.4, -0.2) is 65.9 Å². The number of nitrogens with one attached hydrogen (secondary N) is 1. The fourth-order valence-corrected chi connectivity index (χ4v) is 1.64. The first-order valence-corrected chi connectivity index (χ1v) is 9.16. The Hall–Kier alpha value is -0.640. The van der Waals surface area contributed by atoms with E-state index in [-0.39, 0.29) is 0 Å². The third-order valence-electron chi connectivity index (χ3n) is 3.23. The Bertz CT molecular complexity index is 312. The smallest absolute Gasteiger partial charge is 0.107 e.